The normalized spacial score (nSPS) is 10.6. The summed E-state index contributed by atoms with van der Waals surface area (Å²) in [6.45, 7) is 2.99. The summed E-state index contributed by atoms with van der Waals surface area (Å²) in [5, 5.41) is 19.2. The number of hydrogen-bond acceptors (Lipinski definition) is 6. The third-order valence-corrected chi connectivity index (χ3v) is 4.63. The number of nitrogens with zero attached hydrogens (tertiary/aromatic N) is 2. The minimum Gasteiger partial charge on any atom is -0.504 e. The standard InChI is InChI=1S/C22H26N4O4/c1-3-20-25-21(30-26-20)17-7-4-15(5-8-17)10-12-23-22(28)24-13-11-16-6-9-18(27)19(14-16)29-2/h4-9,14,27H,3,10-13H2,1-2H3,(H2,23,24,28). The fraction of sp³-hybridized carbons (Fsp3) is 0.318. The van der Waals surface area contributed by atoms with Gasteiger partial charge in [-0.1, -0.05) is 30.3 Å². The topological polar surface area (TPSA) is 110 Å². The number of carbonyl (C=O) groups is 1. The fourth-order valence-electron chi connectivity index (χ4n) is 2.91. The Kier molecular flexibility index (Phi) is 7.26. The van der Waals surface area contributed by atoms with Crippen molar-refractivity contribution < 1.29 is 19.2 Å². The van der Waals surface area contributed by atoms with Gasteiger partial charge in [0.25, 0.3) is 5.89 Å². The summed E-state index contributed by atoms with van der Waals surface area (Å²) in [5.41, 5.74) is 2.95. The van der Waals surface area contributed by atoms with Crippen LogP contribution in [0.4, 0.5) is 4.79 Å². The van der Waals surface area contributed by atoms with Crippen molar-refractivity contribution in [2.75, 3.05) is 20.2 Å². The smallest absolute Gasteiger partial charge is 0.314 e. The molecule has 1 heterocycles. The molecule has 0 saturated carbocycles. The molecule has 0 spiro atoms. The van der Waals surface area contributed by atoms with E-state index in [1.165, 1.54) is 7.11 Å². The molecule has 30 heavy (non-hydrogen) atoms. The lowest BCUT2D eigenvalue weighted by Crippen LogP contribution is -2.37. The third-order valence-electron chi connectivity index (χ3n) is 4.63. The molecule has 0 radical (unpaired) electrons. The van der Waals surface area contributed by atoms with Crippen LogP contribution in [0.2, 0.25) is 0 Å². The lowest BCUT2D eigenvalue weighted by molar-refractivity contribution is 0.241. The number of rotatable bonds is 9. The average molecular weight is 410 g/mol. The van der Waals surface area contributed by atoms with Crippen molar-refractivity contribution in [1.29, 1.82) is 0 Å². The van der Waals surface area contributed by atoms with E-state index < -0.39 is 0 Å². The van der Waals surface area contributed by atoms with Crippen LogP contribution >= 0.6 is 0 Å². The van der Waals surface area contributed by atoms with Crippen molar-refractivity contribution in [1.82, 2.24) is 20.8 Å². The van der Waals surface area contributed by atoms with E-state index >= 15 is 0 Å². The minimum atomic E-state index is -0.213. The molecule has 0 aliphatic carbocycles. The maximum atomic E-state index is 12.0. The van der Waals surface area contributed by atoms with Gasteiger partial charge in [0.15, 0.2) is 17.3 Å². The summed E-state index contributed by atoms with van der Waals surface area (Å²) in [5.74, 6) is 1.73. The molecular weight excluding hydrogens is 384 g/mol. The van der Waals surface area contributed by atoms with Crippen LogP contribution in [-0.4, -0.2) is 41.5 Å². The van der Waals surface area contributed by atoms with Crippen LogP contribution in [0.3, 0.4) is 0 Å². The van der Waals surface area contributed by atoms with E-state index in [1.807, 2.05) is 31.2 Å². The van der Waals surface area contributed by atoms with Gasteiger partial charge in [-0.25, -0.2) is 4.79 Å². The van der Waals surface area contributed by atoms with Crippen molar-refractivity contribution in [3.8, 4) is 23.0 Å². The zero-order valence-corrected chi connectivity index (χ0v) is 17.1. The zero-order valence-electron chi connectivity index (χ0n) is 17.1. The fourth-order valence-corrected chi connectivity index (χ4v) is 2.91. The molecule has 0 aliphatic rings. The number of urea groups is 1. The molecule has 0 aliphatic heterocycles. The first kappa shape index (κ1) is 21.2. The molecule has 2 aromatic carbocycles. The monoisotopic (exact) mass is 410 g/mol. The van der Waals surface area contributed by atoms with Crippen LogP contribution < -0.4 is 15.4 Å². The molecule has 8 nitrogen and oxygen atoms in total. The van der Waals surface area contributed by atoms with E-state index in [0.717, 1.165) is 23.1 Å². The minimum absolute atomic E-state index is 0.0998. The lowest BCUT2D eigenvalue weighted by atomic mass is 10.1. The number of benzene rings is 2. The summed E-state index contributed by atoms with van der Waals surface area (Å²) < 4.78 is 10.3. The number of aromatic nitrogens is 2. The second-order valence-electron chi connectivity index (χ2n) is 6.76. The van der Waals surface area contributed by atoms with Gasteiger partial charge in [-0.05, 0) is 48.2 Å². The van der Waals surface area contributed by atoms with Gasteiger partial charge in [-0.3, -0.25) is 0 Å². The second-order valence-corrected chi connectivity index (χ2v) is 6.76. The van der Waals surface area contributed by atoms with Gasteiger partial charge in [0.2, 0.25) is 0 Å². The molecule has 0 saturated heterocycles. The van der Waals surface area contributed by atoms with Crippen molar-refractivity contribution in [2.24, 2.45) is 0 Å². The summed E-state index contributed by atoms with van der Waals surface area (Å²) in [7, 11) is 1.51. The number of phenolic OH excluding ortho intramolecular Hbond substituents is 1. The molecule has 8 heteroatoms. The predicted octanol–water partition coefficient (Wildman–Crippen LogP) is 3.10. The van der Waals surface area contributed by atoms with Crippen molar-refractivity contribution in [3.63, 3.8) is 0 Å². The van der Waals surface area contributed by atoms with Crippen LogP contribution in [0.1, 0.15) is 23.9 Å². The molecular formula is C22H26N4O4. The maximum absolute atomic E-state index is 12.0. The van der Waals surface area contributed by atoms with Crippen molar-refractivity contribution in [2.45, 2.75) is 26.2 Å². The first-order chi connectivity index (χ1) is 14.6. The molecule has 1 aromatic heterocycles. The summed E-state index contributed by atoms with van der Waals surface area (Å²) in [6.07, 6.45) is 2.09. The third kappa shape index (κ3) is 5.73. The predicted molar refractivity (Wildman–Crippen MR) is 113 cm³/mol. The van der Waals surface area contributed by atoms with Gasteiger partial charge in [0, 0.05) is 25.1 Å². The Balaban J connectivity index is 1.38. The van der Waals surface area contributed by atoms with E-state index in [0.29, 0.717) is 43.4 Å². The largest absolute Gasteiger partial charge is 0.504 e. The van der Waals surface area contributed by atoms with Gasteiger partial charge in [0.1, 0.15) is 0 Å². The number of aryl methyl sites for hydroxylation is 1. The Morgan fingerprint density at radius 1 is 1.07 bits per heavy atom. The highest BCUT2D eigenvalue weighted by Gasteiger charge is 2.08. The number of amides is 2. The number of hydrogen-bond donors (Lipinski definition) is 3. The summed E-state index contributed by atoms with van der Waals surface area (Å²) >= 11 is 0. The molecule has 158 valence electrons. The molecule has 0 atom stereocenters. The zero-order chi connectivity index (χ0) is 21.3. The first-order valence-corrected chi connectivity index (χ1v) is 9.88. The Morgan fingerprint density at radius 2 is 1.73 bits per heavy atom. The second kappa shape index (κ2) is 10.3. The van der Waals surface area contributed by atoms with Gasteiger partial charge in [-0.2, -0.15) is 4.98 Å². The summed E-state index contributed by atoms with van der Waals surface area (Å²) in [6, 6.07) is 12.8. The van der Waals surface area contributed by atoms with Crippen LogP contribution in [-0.2, 0) is 19.3 Å². The van der Waals surface area contributed by atoms with Crippen LogP contribution in [0.15, 0.2) is 47.0 Å². The number of methoxy groups -OCH3 is 1. The Hall–Kier alpha value is -3.55. The highest BCUT2D eigenvalue weighted by molar-refractivity contribution is 5.73. The van der Waals surface area contributed by atoms with Crippen molar-refractivity contribution >= 4 is 6.03 Å². The van der Waals surface area contributed by atoms with Gasteiger partial charge in [-0.15, -0.1) is 0 Å². The quantitative estimate of drug-likeness (QED) is 0.500. The van der Waals surface area contributed by atoms with Crippen LogP contribution in [0.5, 0.6) is 11.5 Å². The molecule has 3 rings (SSSR count). The van der Waals surface area contributed by atoms with E-state index in [1.54, 1.807) is 18.2 Å². The SMILES string of the molecule is CCc1noc(-c2ccc(CCNC(=O)NCCc3ccc(O)c(OC)c3)cc2)n1. The molecule has 3 aromatic rings. The number of aromatic hydroxyl groups is 1. The lowest BCUT2D eigenvalue weighted by Gasteiger charge is -2.09. The van der Waals surface area contributed by atoms with Crippen molar-refractivity contribution in [3.05, 3.63) is 59.4 Å². The van der Waals surface area contributed by atoms with Crippen LogP contribution in [0.25, 0.3) is 11.5 Å². The van der Waals surface area contributed by atoms with Gasteiger partial charge >= 0.3 is 6.03 Å². The highest BCUT2D eigenvalue weighted by Crippen LogP contribution is 2.26. The molecule has 0 bridgehead atoms. The number of ether oxygens (including phenoxy) is 1. The van der Waals surface area contributed by atoms with Gasteiger partial charge in [0.05, 0.1) is 7.11 Å². The molecule has 0 fully saturated rings. The molecule has 2 amide bonds. The molecule has 0 unspecified atom stereocenters. The van der Waals surface area contributed by atoms with E-state index in [-0.39, 0.29) is 11.8 Å². The Labute approximate surface area is 175 Å². The van der Waals surface area contributed by atoms with Crippen LogP contribution in [0, 0.1) is 0 Å². The van der Waals surface area contributed by atoms with Gasteiger partial charge < -0.3 is 25.0 Å². The Morgan fingerprint density at radius 3 is 2.37 bits per heavy atom. The first-order valence-electron chi connectivity index (χ1n) is 9.88. The number of nitrogens with one attached hydrogen (secondary N) is 2. The van der Waals surface area contributed by atoms with E-state index in [4.69, 9.17) is 9.26 Å². The highest BCUT2D eigenvalue weighted by atomic mass is 16.5. The van der Waals surface area contributed by atoms with E-state index in [9.17, 15) is 9.90 Å². The Bertz CT molecular complexity index is 970. The number of phenols is 1. The average Bonchev–Trinajstić information content (AvgIpc) is 3.25. The summed E-state index contributed by atoms with van der Waals surface area (Å²) in [4.78, 5) is 16.3. The molecule has 3 N–H and O–H groups in total. The number of carbonyl (C=O) groups excluding carboxylic acids is 1. The van der Waals surface area contributed by atoms with E-state index in [2.05, 4.69) is 20.8 Å². The maximum Gasteiger partial charge on any atom is 0.314 e.